The summed E-state index contributed by atoms with van der Waals surface area (Å²) in [6.07, 6.45) is 2.88. The Morgan fingerprint density at radius 3 is 2.28 bits per heavy atom. The zero-order chi connectivity index (χ0) is 18.4. The fraction of sp³-hybridized carbons (Fsp3) is 0.500. The molecule has 2 aliphatic rings. The van der Waals surface area contributed by atoms with Gasteiger partial charge in [-0.25, -0.2) is 0 Å². The molecule has 2 saturated carbocycles. The minimum atomic E-state index is -0.961. The molecule has 3 rings (SSSR count). The van der Waals surface area contributed by atoms with Gasteiger partial charge in [-0.2, -0.15) is 0 Å². The SMILES string of the molecule is CC1(C)[C@H](C(=O)O)[C@H]1C(=O)Nc1ccc(NC(=O)C2CCC2)c(Cl)c1. The van der Waals surface area contributed by atoms with Crippen LogP contribution in [0.15, 0.2) is 18.2 Å². The van der Waals surface area contributed by atoms with Crippen LogP contribution in [0.2, 0.25) is 5.02 Å². The molecule has 3 N–H and O–H groups in total. The third-order valence-corrected chi connectivity index (χ3v) is 5.66. The Bertz CT molecular complexity index is 743. The minimum absolute atomic E-state index is 0.0334. The molecule has 134 valence electrons. The number of amides is 2. The summed E-state index contributed by atoms with van der Waals surface area (Å²) in [6.45, 7) is 3.53. The molecule has 0 unspecified atom stereocenters. The van der Waals surface area contributed by atoms with Crippen molar-refractivity contribution in [3.63, 3.8) is 0 Å². The number of rotatable bonds is 5. The number of nitrogens with one attached hydrogen (secondary N) is 2. The van der Waals surface area contributed by atoms with E-state index in [9.17, 15) is 14.4 Å². The molecule has 0 aromatic heterocycles. The van der Waals surface area contributed by atoms with Crippen LogP contribution >= 0.6 is 11.6 Å². The van der Waals surface area contributed by atoms with E-state index in [0.717, 1.165) is 19.3 Å². The highest BCUT2D eigenvalue weighted by Gasteiger charge is 2.65. The van der Waals surface area contributed by atoms with Crippen LogP contribution in [0.5, 0.6) is 0 Å². The van der Waals surface area contributed by atoms with Gasteiger partial charge in [0, 0.05) is 11.6 Å². The van der Waals surface area contributed by atoms with Crippen LogP contribution in [-0.4, -0.2) is 22.9 Å². The number of carboxylic acids is 1. The second-order valence-corrected chi connectivity index (χ2v) is 7.82. The van der Waals surface area contributed by atoms with Gasteiger partial charge in [-0.1, -0.05) is 31.9 Å². The molecule has 6 nitrogen and oxygen atoms in total. The van der Waals surface area contributed by atoms with Gasteiger partial charge < -0.3 is 15.7 Å². The molecule has 1 aromatic rings. The maximum Gasteiger partial charge on any atom is 0.307 e. The lowest BCUT2D eigenvalue weighted by atomic mass is 9.85. The first-order chi connectivity index (χ1) is 11.7. The summed E-state index contributed by atoms with van der Waals surface area (Å²) in [5.74, 6) is -2.52. The van der Waals surface area contributed by atoms with Gasteiger partial charge in [0.05, 0.1) is 22.5 Å². The van der Waals surface area contributed by atoms with E-state index in [2.05, 4.69) is 10.6 Å². The third kappa shape index (κ3) is 3.35. The third-order valence-electron chi connectivity index (χ3n) is 5.35. The van der Waals surface area contributed by atoms with Crippen molar-refractivity contribution in [2.24, 2.45) is 23.2 Å². The van der Waals surface area contributed by atoms with Crippen molar-refractivity contribution in [1.82, 2.24) is 0 Å². The van der Waals surface area contributed by atoms with Gasteiger partial charge in [0.15, 0.2) is 0 Å². The van der Waals surface area contributed by atoms with Crippen LogP contribution in [0.1, 0.15) is 33.1 Å². The lowest BCUT2D eigenvalue weighted by Gasteiger charge is -2.24. The fourth-order valence-corrected chi connectivity index (χ4v) is 3.64. The van der Waals surface area contributed by atoms with Crippen LogP contribution in [-0.2, 0) is 14.4 Å². The predicted molar refractivity (Wildman–Crippen MR) is 94.4 cm³/mol. The number of benzene rings is 1. The summed E-state index contributed by atoms with van der Waals surface area (Å²) in [4.78, 5) is 35.5. The first-order valence-corrected chi connectivity index (χ1v) is 8.73. The van der Waals surface area contributed by atoms with Gasteiger partial charge in [-0.15, -0.1) is 0 Å². The van der Waals surface area contributed by atoms with Crippen LogP contribution in [0.4, 0.5) is 11.4 Å². The number of hydrogen-bond acceptors (Lipinski definition) is 3. The second-order valence-electron chi connectivity index (χ2n) is 7.42. The van der Waals surface area contributed by atoms with E-state index < -0.39 is 23.2 Å². The fourth-order valence-electron chi connectivity index (χ4n) is 3.41. The van der Waals surface area contributed by atoms with Gasteiger partial charge in [0.2, 0.25) is 11.8 Å². The molecule has 2 fully saturated rings. The van der Waals surface area contributed by atoms with E-state index in [0.29, 0.717) is 16.4 Å². The van der Waals surface area contributed by atoms with Crippen molar-refractivity contribution >= 4 is 40.8 Å². The molecule has 0 radical (unpaired) electrons. The van der Waals surface area contributed by atoms with Crippen molar-refractivity contribution < 1.29 is 19.5 Å². The normalized spacial score (nSPS) is 24.1. The minimum Gasteiger partial charge on any atom is -0.481 e. The smallest absolute Gasteiger partial charge is 0.307 e. The Kier molecular flexibility index (Phi) is 4.49. The molecule has 25 heavy (non-hydrogen) atoms. The quantitative estimate of drug-likeness (QED) is 0.746. The van der Waals surface area contributed by atoms with E-state index in [-0.39, 0.29) is 17.7 Å². The number of carbonyl (C=O) groups is 3. The van der Waals surface area contributed by atoms with Gasteiger partial charge >= 0.3 is 5.97 Å². The molecular weight excluding hydrogens is 344 g/mol. The molecule has 0 aliphatic heterocycles. The Morgan fingerprint density at radius 1 is 1.12 bits per heavy atom. The molecule has 0 spiro atoms. The number of hydrogen-bond donors (Lipinski definition) is 3. The average molecular weight is 365 g/mol. The van der Waals surface area contributed by atoms with Gasteiger partial charge in [0.25, 0.3) is 0 Å². The first kappa shape index (κ1) is 17.7. The summed E-state index contributed by atoms with van der Waals surface area (Å²) in [6, 6.07) is 4.84. The van der Waals surface area contributed by atoms with Crippen molar-refractivity contribution in [2.45, 2.75) is 33.1 Å². The summed E-state index contributed by atoms with van der Waals surface area (Å²) >= 11 is 6.19. The summed E-state index contributed by atoms with van der Waals surface area (Å²) < 4.78 is 0. The van der Waals surface area contributed by atoms with E-state index in [1.54, 1.807) is 32.0 Å². The second kappa shape index (κ2) is 6.33. The summed E-state index contributed by atoms with van der Waals surface area (Å²) in [5, 5.41) is 15.0. The topological polar surface area (TPSA) is 95.5 Å². The zero-order valence-electron chi connectivity index (χ0n) is 14.1. The summed E-state index contributed by atoms with van der Waals surface area (Å²) in [5.41, 5.74) is 0.423. The Hall–Kier alpha value is -2.08. The van der Waals surface area contributed by atoms with Crippen molar-refractivity contribution in [3.8, 4) is 0 Å². The molecule has 2 atom stereocenters. The molecular formula is C18H21ClN2O4. The predicted octanol–water partition coefficient (Wildman–Crippen LogP) is 3.37. The average Bonchev–Trinajstić information content (AvgIpc) is 3.03. The lowest BCUT2D eigenvalue weighted by molar-refractivity contribution is -0.140. The van der Waals surface area contributed by atoms with Crippen molar-refractivity contribution in [2.75, 3.05) is 10.6 Å². The van der Waals surface area contributed by atoms with Crippen LogP contribution in [0, 0.1) is 23.2 Å². The van der Waals surface area contributed by atoms with Crippen molar-refractivity contribution in [1.29, 1.82) is 0 Å². The van der Waals surface area contributed by atoms with E-state index in [1.165, 1.54) is 0 Å². The first-order valence-electron chi connectivity index (χ1n) is 8.36. The number of carboxylic acid groups (broad SMARTS) is 1. The van der Waals surface area contributed by atoms with Gasteiger partial charge in [-0.3, -0.25) is 14.4 Å². The zero-order valence-corrected chi connectivity index (χ0v) is 14.9. The Labute approximate surface area is 150 Å². The molecule has 0 bridgehead atoms. The molecule has 0 heterocycles. The van der Waals surface area contributed by atoms with Crippen molar-refractivity contribution in [3.05, 3.63) is 23.2 Å². The molecule has 0 saturated heterocycles. The van der Waals surface area contributed by atoms with Crippen LogP contribution in [0.25, 0.3) is 0 Å². The largest absolute Gasteiger partial charge is 0.481 e. The standard InChI is InChI=1S/C18H21ClN2O4/c1-18(2)13(14(18)17(24)25)16(23)20-10-6-7-12(11(19)8-10)21-15(22)9-4-3-5-9/h6-9,13-14H,3-5H2,1-2H3,(H,20,23)(H,21,22)(H,24,25)/t13-,14-/m0/s1. The van der Waals surface area contributed by atoms with Gasteiger partial charge in [0.1, 0.15) is 0 Å². The highest BCUT2D eigenvalue weighted by molar-refractivity contribution is 6.34. The molecule has 2 amide bonds. The number of carbonyl (C=O) groups excluding carboxylic acids is 2. The van der Waals surface area contributed by atoms with E-state index >= 15 is 0 Å². The van der Waals surface area contributed by atoms with Crippen LogP contribution < -0.4 is 10.6 Å². The highest BCUT2D eigenvalue weighted by atomic mass is 35.5. The molecule has 2 aliphatic carbocycles. The van der Waals surface area contributed by atoms with Crippen LogP contribution in [0.3, 0.4) is 0 Å². The number of anilines is 2. The van der Waals surface area contributed by atoms with E-state index in [1.807, 2.05) is 0 Å². The monoisotopic (exact) mass is 364 g/mol. The maximum atomic E-state index is 12.3. The summed E-state index contributed by atoms with van der Waals surface area (Å²) in [7, 11) is 0. The number of halogens is 1. The highest BCUT2D eigenvalue weighted by Crippen LogP contribution is 2.58. The number of aliphatic carboxylic acids is 1. The maximum absolute atomic E-state index is 12.3. The Morgan fingerprint density at radius 2 is 1.80 bits per heavy atom. The van der Waals surface area contributed by atoms with E-state index in [4.69, 9.17) is 16.7 Å². The van der Waals surface area contributed by atoms with Gasteiger partial charge in [-0.05, 0) is 36.5 Å². The Balaban J connectivity index is 1.64. The molecule has 1 aromatic carbocycles. The molecule has 7 heteroatoms. The lowest BCUT2D eigenvalue weighted by Crippen LogP contribution is -2.28.